The molecule has 3 N–H and O–H groups in total. The number of hydrogen-bond donors (Lipinski definition) is 3. The molecule has 3 rings (SSSR count). The maximum atomic E-state index is 13.1. The SMILES string of the molecule is CC1=C(C(=O)Nc2cccc(C)c2C)[C@@H](c2ccc(Br)cc2)NC(=S)N1. The quantitative estimate of drug-likeness (QED) is 0.628. The minimum atomic E-state index is -0.304. The van der Waals surface area contributed by atoms with Gasteiger partial charge in [-0.05, 0) is 67.9 Å². The van der Waals surface area contributed by atoms with Crippen LogP contribution in [-0.2, 0) is 4.79 Å². The van der Waals surface area contributed by atoms with E-state index in [1.54, 1.807) is 0 Å². The van der Waals surface area contributed by atoms with Crippen LogP contribution >= 0.6 is 28.1 Å². The zero-order chi connectivity index (χ0) is 18.8. The molecular weight excluding hydrogens is 410 g/mol. The number of benzene rings is 2. The third kappa shape index (κ3) is 3.81. The lowest BCUT2D eigenvalue weighted by Gasteiger charge is -2.30. The van der Waals surface area contributed by atoms with E-state index in [0.717, 1.165) is 32.5 Å². The monoisotopic (exact) mass is 429 g/mol. The van der Waals surface area contributed by atoms with Gasteiger partial charge in [0.05, 0.1) is 11.6 Å². The van der Waals surface area contributed by atoms with Gasteiger partial charge in [-0.25, -0.2) is 0 Å². The van der Waals surface area contributed by atoms with Crippen molar-refractivity contribution in [2.45, 2.75) is 26.8 Å². The number of carbonyl (C=O) groups excluding carboxylic acids is 1. The van der Waals surface area contributed by atoms with E-state index in [1.165, 1.54) is 0 Å². The molecule has 1 aliphatic rings. The molecule has 1 aliphatic heterocycles. The topological polar surface area (TPSA) is 53.2 Å². The molecule has 4 nitrogen and oxygen atoms in total. The first-order valence-electron chi connectivity index (χ1n) is 8.28. The van der Waals surface area contributed by atoms with Gasteiger partial charge in [0, 0.05) is 15.9 Å². The van der Waals surface area contributed by atoms with Crippen molar-refractivity contribution in [2.24, 2.45) is 0 Å². The van der Waals surface area contributed by atoms with Crippen molar-refractivity contribution in [1.29, 1.82) is 0 Å². The lowest BCUT2D eigenvalue weighted by Crippen LogP contribution is -2.45. The van der Waals surface area contributed by atoms with Gasteiger partial charge in [0.15, 0.2) is 5.11 Å². The van der Waals surface area contributed by atoms with Crippen molar-refractivity contribution in [3.63, 3.8) is 0 Å². The first kappa shape index (κ1) is 18.6. The predicted octanol–water partition coefficient (Wildman–Crippen LogP) is 4.50. The molecule has 0 unspecified atom stereocenters. The van der Waals surface area contributed by atoms with Crippen LogP contribution in [0.3, 0.4) is 0 Å². The van der Waals surface area contributed by atoms with Gasteiger partial charge in [0.25, 0.3) is 5.91 Å². The number of carbonyl (C=O) groups is 1. The molecule has 6 heteroatoms. The minimum Gasteiger partial charge on any atom is -0.351 e. The summed E-state index contributed by atoms with van der Waals surface area (Å²) in [7, 11) is 0. The average molecular weight is 430 g/mol. The number of amides is 1. The van der Waals surface area contributed by atoms with Crippen molar-refractivity contribution < 1.29 is 4.79 Å². The van der Waals surface area contributed by atoms with Crippen LogP contribution in [0, 0.1) is 13.8 Å². The fraction of sp³-hybridized carbons (Fsp3) is 0.200. The zero-order valence-electron chi connectivity index (χ0n) is 14.8. The standard InChI is InChI=1S/C20H20BrN3OS/c1-11-5-4-6-16(12(11)2)23-19(25)17-13(3)22-20(26)24-18(17)14-7-9-15(21)10-8-14/h4-10,18H,1-3H3,(H,23,25)(H2,22,24,26)/t18-/m1/s1. The maximum Gasteiger partial charge on any atom is 0.255 e. The second kappa shape index (κ2) is 7.60. The Bertz CT molecular complexity index is 906. The molecule has 2 aromatic rings. The Labute approximate surface area is 167 Å². The number of anilines is 1. The van der Waals surface area contributed by atoms with Crippen molar-refractivity contribution in [1.82, 2.24) is 10.6 Å². The number of nitrogens with one attached hydrogen (secondary N) is 3. The normalized spacial score (nSPS) is 16.8. The number of halogens is 1. The summed E-state index contributed by atoms with van der Waals surface area (Å²) in [5, 5.41) is 9.84. The minimum absolute atomic E-state index is 0.147. The van der Waals surface area contributed by atoms with E-state index in [-0.39, 0.29) is 11.9 Å². The van der Waals surface area contributed by atoms with E-state index in [4.69, 9.17) is 12.2 Å². The molecule has 0 saturated heterocycles. The van der Waals surface area contributed by atoms with Crippen LogP contribution in [0.25, 0.3) is 0 Å². The number of rotatable bonds is 3. The molecule has 2 aromatic carbocycles. The second-order valence-corrected chi connectivity index (χ2v) is 7.65. The molecular formula is C20H20BrN3OS. The van der Waals surface area contributed by atoms with Gasteiger partial charge >= 0.3 is 0 Å². The maximum absolute atomic E-state index is 13.1. The molecule has 0 aliphatic carbocycles. The summed E-state index contributed by atoms with van der Waals surface area (Å²) in [6.07, 6.45) is 0. The van der Waals surface area contributed by atoms with Crippen molar-refractivity contribution in [3.05, 3.63) is 74.9 Å². The smallest absolute Gasteiger partial charge is 0.255 e. The van der Waals surface area contributed by atoms with Crippen LogP contribution in [0.2, 0.25) is 0 Å². The van der Waals surface area contributed by atoms with Crippen LogP contribution < -0.4 is 16.0 Å². The van der Waals surface area contributed by atoms with Gasteiger partial charge < -0.3 is 16.0 Å². The first-order chi connectivity index (χ1) is 12.4. The molecule has 1 atom stereocenters. The summed E-state index contributed by atoms with van der Waals surface area (Å²) in [6.45, 7) is 5.91. The van der Waals surface area contributed by atoms with E-state index < -0.39 is 0 Å². The molecule has 1 heterocycles. The van der Waals surface area contributed by atoms with Crippen molar-refractivity contribution in [2.75, 3.05) is 5.32 Å². The number of allylic oxidation sites excluding steroid dienone is 1. The zero-order valence-corrected chi connectivity index (χ0v) is 17.2. The van der Waals surface area contributed by atoms with E-state index in [2.05, 4.69) is 31.9 Å². The lowest BCUT2D eigenvalue weighted by atomic mass is 9.95. The van der Waals surface area contributed by atoms with Gasteiger partial charge in [-0.2, -0.15) is 0 Å². The summed E-state index contributed by atoms with van der Waals surface area (Å²) in [5.74, 6) is -0.147. The third-order valence-corrected chi connectivity index (χ3v) is 5.32. The Morgan fingerprint density at radius 1 is 1.12 bits per heavy atom. The average Bonchev–Trinajstić information content (AvgIpc) is 2.59. The van der Waals surface area contributed by atoms with E-state index in [1.807, 2.05) is 63.2 Å². The summed E-state index contributed by atoms with van der Waals surface area (Å²) < 4.78 is 0.986. The van der Waals surface area contributed by atoms with Crippen LogP contribution in [0.4, 0.5) is 5.69 Å². The van der Waals surface area contributed by atoms with E-state index in [9.17, 15) is 4.79 Å². The Morgan fingerprint density at radius 3 is 2.50 bits per heavy atom. The Balaban J connectivity index is 1.96. The first-order valence-corrected chi connectivity index (χ1v) is 9.48. The molecule has 0 saturated carbocycles. The fourth-order valence-corrected chi connectivity index (χ4v) is 3.51. The van der Waals surface area contributed by atoms with Gasteiger partial charge in [0.1, 0.15) is 0 Å². The van der Waals surface area contributed by atoms with Crippen LogP contribution in [0.1, 0.15) is 29.7 Å². The Kier molecular flexibility index (Phi) is 5.44. The van der Waals surface area contributed by atoms with Gasteiger partial charge in [0.2, 0.25) is 0 Å². The fourth-order valence-electron chi connectivity index (χ4n) is 2.98. The number of thiocarbonyl (C=S) groups is 1. The summed E-state index contributed by atoms with van der Waals surface area (Å²) in [5.41, 5.74) is 5.37. The highest BCUT2D eigenvalue weighted by Gasteiger charge is 2.30. The van der Waals surface area contributed by atoms with Crippen molar-refractivity contribution >= 4 is 44.9 Å². The van der Waals surface area contributed by atoms with Gasteiger partial charge in [-0.1, -0.05) is 40.2 Å². The van der Waals surface area contributed by atoms with E-state index in [0.29, 0.717) is 10.7 Å². The lowest BCUT2D eigenvalue weighted by molar-refractivity contribution is -0.113. The van der Waals surface area contributed by atoms with Gasteiger partial charge in [-0.3, -0.25) is 4.79 Å². The number of aryl methyl sites for hydroxylation is 1. The highest BCUT2D eigenvalue weighted by atomic mass is 79.9. The molecule has 134 valence electrons. The van der Waals surface area contributed by atoms with E-state index >= 15 is 0 Å². The Morgan fingerprint density at radius 2 is 1.81 bits per heavy atom. The van der Waals surface area contributed by atoms with Crippen LogP contribution in [-0.4, -0.2) is 11.0 Å². The second-order valence-electron chi connectivity index (χ2n) is 6.32. The molecule has 0 spiro atoms. The summed E-state index contributed by atoms with van der Waals surface area (Å²) in [4.78, 5) is 13.1. The van der Waals surface area contributed by atoms with Gasteiger partial charge in [-0.15, -0.1) is 0 Å². The largest absolute Gasteiger partial charge is 0.351 e. The molecule has 0 aromatic heterocycles. The summed E-state index contributed by atoms with van der Waals surface area (Å²) >= 11 is 8.74. The van der Waals surface area contributed by atoms with Crippen molar-refractivity contribution in [3.8, 4) is 0 Å². The molecule has 0 radical (unpaired) electrons. The van der Waals surface area contributed by atoms with Crippen LogP contribution in [0.15, 0.2) is 58.2 Å². The highest BCUT2D eigenvalue weighted by molar-refractivity contribution is 9.10. The molecule has 0 bridgehead atoms. The number of hydrogen-bond acceptors (Lipinski definition) is 2. The molecule has 26 heavy (non-hydrogen) atoms. The predicted molar refractivity (Wildman–Crippen MR) is 113 cm³/mol. The molecule has 1 amide bonds. The third-order valence-electron chi connectivity index (χ3n) is 4.57. The highest BCUT2D eigenvalue weighted by Crippen LogP contribution is 2.29. The molecule has 0 fully saturated rings. The Hall–Kier alpha value is -2.18. The summed E-state index contributed by atoms with van der Waals surface area (Å²) in [6, 6.07) is 13.5. The van der Waals surface area contributed by atoms with Crippen LogP contribution in [0.5, 0.6) is 0 Å².